The summed E-state index contributed by atoms with van der Waals surface area (Å²) in [6.07, 6.45) is -4.95. The molecule has 5 nitrogen and oxygen atoms in total. The number of rotatable bonds is 4. The highest BCUT2D eigenvalue weighted by atomic mass is 19.4. The van der Waals surface area contributed by atoms with Gasteiger partial charge in [-0.2, -0.15) is 13.2 Å². The maximum atomic E-state index is 12.6. The average Bonchev–Trinajstić information content (AvgIpc) is 3.17. The van der Waals surface area contributed by atoms with E-state index in [0.717, 1.165) is 0 Å². The first-order valence-corrected chi connectivity index (χ1v) is 8.89. The molecule has 4 aromatic rings. The summed E-state index contributed by atoms with van der Waals surface area (Å²) in [6.45, 7) is 0. The minimum atomic E-state index is -4.95. The van der Waals surface area contributed by atoms with Crippen LogP contribution >= 0.6 is 0 Å². The molecule has 0 saturated carbocycles. The summed E-state index contributed by atoms with van der Waals surface area (Å²) in [7, 11) is 0. The summed E-state index contributed by atoms with van der Waals surface area (Å²) in [5, 5.41) is 1.79. The van der Waals surface area contributed by atoms with Crippen LogP contribution in [0.25, 0.3) is 22.4 Å². The number of H-pyrrole nitrogens is 1. The van der Waals surface area contributed by atoms with E-state index in [1.807, 2.05) is 6.07 Å². The molecule has 30 heavy (non-hydrogen) atoms. The van der Waals surface area contributed by atoms with Crippen molar-refractivity contribution in [3.63, 3.8) is 0 Å². The zero-order valence-electron chi connectivity index (χ0n) is 15.3. The van der Waals surface area contributed by atoms with Crippen LogP contribution in [0.1, 0.15) is 15.9 Å². The summed E-state index contributed by atoms with van der Waals surface area (Å²) >= 11 is 0. The van der Waals surface area contributed by atoms with E-state index in [1.165, 1.54) is 12.1 Å². The van der Waals surface area contributed by atoms with Crippen molar-refractivity contribution in [3.8, 4) is 11.4 Å². The van der Waals surface area contributed by atoms with Crippen molar-refractivity contribution in [1.29, 1.82) is 0 Å². The standard InChI is InChI=1S/C22H14F3N3O2/c23-22(24,25)21(30)26-16-9-6-14(7-10-16)20-27-17-11-8-15(12-18(17)28-20)19(29)13-4-2-1-3-5-13/h1-12H,(H,26,30)(H,27,28). The molecule has 0 aliphatic rings. The molecule has 0 aliphatic heterocycles. The third-order valence-electron chi connectivity index (χ3n) is 4.45. The number of hydrogen-bond acceptors (Lipinski definition) is 3. The zero-order valence-corrected chi connectivity index (χ0v) is 15.3. The quantitative estimate of drug-likeness (QED) is 0.468. The van der Waals surface area contributed by atoms with Gasteiger partial charge < -0.3 is 10.3 Å². The Morgan fingerprint density at radius 1 is 0.867 bits per heavy atom. The lowest BCUT2D eigenvalue weighted by Gasteiger charge is -2.08. The predicted octanol–water partition coefficient (Wildman–Crippen LogP) is 4.96. The SMILES string of the molecule is O=C(c1ccccc1)c1ccc2nc(-c3ccc(NC(=O)C(F)(F)F)cc3)[nH]c2c1. The van der Waals surface area contributed by atoms with Gasteiger partial charge in [-0.3, -0.25) is 9.59 Å². The van der Waals surface area contributed by atoms with Crippen molar-refractivity contribution in [1.82, 2.24) is 9.97 Å². The Morgan fingerprint density at radius 2 is 1.57 bits per heavy atom. The van der Waals surface area contributed by atoms with E-state index < -0.39 is 12.1 Å². The van der Waals surface area contributed by atoms with Crippen molar-refractivity contribution in [2.75, 3.05) is 5.32 Å². The minimum absolute atomic E-state index is 0.0212. The van der Waals surface area contributed by atoms with Crippen LogP contribution in [0.5, 0.6) is 0 Å². The topological polar surface area (TPSA) is 74.8 Å². The number of anilines is 1. The van der Waals surface area contributed by atoms with Gasteiger partial charge in [-0.25, -0.2) is 4.98 Å². The van der Waals surface area contributed by atoms with E-state index in [1.54, 1.807) is 59.9 Å². The first-order chi connectivity index (χ1) is 14.3. The Kier molecular flexibility index (Phi) is 4.83. The number of nitrogens with zero attached hydrogens (tertiary/aromatic N) is 1. The number of carbonyl (C=O) groups is 2. The van der Waals surface area contributed by atoms with E-state index in [0.29, 0.717) is 33.5 Å². The van der Waals surface area contributed by atoms with Gasteiger partial charge in [0.05, 0.1) is 11.0 Å². The lowest BCUT2D eigenvalue weighted by Crippen LogP contribution is -2.29. The average molecular weight is 409 g/mol. The molecule has 2 N–H and O–H groups in total. The number of imidazole rings is 1. The zero-order chi connectivity index (χ0) is 21.3. The van der Waals surface area contributed by atoms with E-state index in [-0.39, 0.29) is 11.5 Å². The van der Waals surface area contributed by atoms with Gasteiger partial charge in [-0.15, -0.1) is 0 Å². The second kappa shape index (κ2) is 7.47. The lowest BCUT2D eigenvalue weighted by atomic mass is 10.0. The third-order valence-corrected chi connectivity index (χ3v) is 4.45. The fourth-order valence-electron chi connectivity index (χ4n) is 2.96. The molecular formula is C22H14F3N3O2. The van der Waals surface area contributed by atoms with Crippen LogP contribution in [-0.2, 0) is 4.79 Å². The van der Waals surface area contributed by atoms with Gasteiger partial charge in [0.15, 0.2) is 5.78 Å². The molecule has 0 fully saturated rings. The van der Waals surface area contributed by atoms with Gasteiger partial charge >= 0.3 is 12.1 Å². The van der Waals surface area contributed by atoms with Crippen molar-refractivity contribution >= 4 is 28.4 Å². The largest absolute Gasteiger partial charge is 0.471 e. The molecule has 1 aromatic heterocycles. The van der Waals surface area contributed by atoms with Crippen molar-refractivity contribution in [2.24, 2.45) is 0 Å². The Balaban J connectivity index is 1.58. The Morgan fingerprint density at radius 3 is 2.23 bits per heavy atom. The van der Waals surface area contributed by atoms with Gasteiger partial charge in [0, 0.05) is 22.4 Å². The van der Waals surface area contributed by atoms with Crippen molar-refractivity contribution in [2.45, 2.75) is 6.18 Å². The van der Waals surface area contributed by atoms with Crippen LogP contribution < -0.4 is 5.32 Å². The Hall–Kier alpha value is -3.94. The molecule has 1 amide bonds. The number of fused-ring (bicyclic) bond motifs is 1. The normalized spacial score (nSPS) is 11.4. The molecule has 0 bridgehead atoms. The van der Waals surface area contributed by atoms with Crippen LogP contribution in [0, 0.1) is 0 Å². The van der Waals surface area contributed by atoms with Crippen LogP contribution in [0.4, 0.5) is 18.9 Å². The highest BCUT2D eigenvalue weighted by Gasteiger charge is 2.38. The molecule has 4 rings (SSSR count). The summed E-state index contributed by atoms with van der Waals surface area (Å²) in [6, 6.07) is 19.8. The molecular weight excluding hydrogens is 395 g/mol. The number of nitrogens with one attached hydrogen (secondary N) is 2. The first-order valence-electron chi connectivity index (χ1n) is 8.89. The van der Waals surface area contributed by atoms with Crippen molar-refractivity contribution < 1.29 is 22.8 Å². The van der Waals surface area contributed by atoms with E-state index >= 15 is 0 Å². The third kappa shape index (κ3) is 3.93. The number of carbonyl (C=O) groups excluding carboxylic acids is 2. The molecule has 0 saturated heterocycles. The number of alkyl halides is 3. The molecule has 0 radical (unpaired) electrons. The molecule has 0 aliphatic carbocycles. The van der Waals surface area contributed by atoms with E-state index in [2.05, 4.69) is 9.97 Å². The summed E-state index contributed by atoms with van der Waals surface area (Å²) < 4.78 is 37.0. The molecule has 3 aromatic carbocycles. The van der Waals surface area contributed by atoms with Gasteiger partial charge in [-0.05, 0) is 42.5 Å². The lowest BCUT2D eigenvalue weighted by molar-refractivity contribution is -0.167. The monoisotopic (exact) mass is 409 g/mol. The van der Waals surface area contributed by atoms with E-state index in [9.17, 15) is 22.8 Å². The highest BCUT2D eigenvalue weighted by Crippen LogP contribution is 2.24. The van der Waals surface area contributed by atoms with Crippen LogP contribution in [-0.4, -0.2) is 27.8 Å². The van der Waals surface area contributed by atoms with Gasteiger partial charge in [0.2, 0.25) is 0 Å². The van der Waals surface area contributed by atoms with Gasteiger partial charge in [-0.1, -0.05) is 30.3 Å². The fourth-order valence-corrected chi connectivity index (χ4v) is 2.96. The smallest absolute Gasteiger partial charge is 0.338 e. The predicted molar refractivity (Wildman–Crippen MR) is 106 cm³/mol. The summed E-state index contributed by atoms with van der Waals surface area (Å²) in [4.78, 5) is 31.2. The first kappa shape index (κ1) is 19.4. The highest BCUT2D eigenvalue weighted by molar-refractivity contribution is 6.10. The number of benzene rings is 3. The fraction of sp³-hybridized carbons (Fsp3) is 0.0455. The number of aromatic amines is 1. The summed E-state index contributed by atoms with van der Waals surface area (Å²) in [5.74, 6) is -1.66. The molecule has 0 spiro atoms. The maximum absolute atomic E-state index is 12.6. The molecule has 1 heterocycles. The number of amides is 1. The molecule has 0 atom stereocenters. The van der Waals surface area contributed by atoms with Crippen LogP contribution in [0.3, 0.4) is 0 Å². The molecule has 0 unspecified atom stereocenters. The number of aromatic nitrogens is 2. The maximum Gasteiger partial charge on any atom is 0.471 e. The van der Waals surface area contributed by atoms with Crippen LogP contribution in [0.2, 0.25) is 0 Å². The second-order valence-corrected chi connectivity index (χ2v) is 6.54. The van der Waals surface area contributed by atoms with Crippen LogP contribution in [0.15, 0.2) is 72.8 Å². The number of halogens is 3. The summed E-state index contributed by atoms with van der Waals surface area (Å²) in [5.41, 5.74) is 3.02. The molecule has 8 heteroatoms. The Bertz CT molecular complexity index is 1230. The van der Waals surface area contributed by atoms with Gasteiger partial charge in [0.25, 0.3) is 0 Å². The van der Waals surface area contributed by atoms with E-state index in [4.69, 9.17) is 0 Å². The second-order valence-electron chi connectivity index (χ2n) is 6.54. The van der Waals surface area contributed by atoms with Crippen molar-refractivity contribution in [3.05, 3.63) is 83.9 Å². The molecule has 150 valence electrons. The number of ketones is 1. The number of hydrogen-bond donors (Lipinski definition) is 2. The Labute approximate surface area is 168 Å². The minimum Gasteiger partial charge on any atom is -0.338 e. The van der Waals surface area contributed by atoms with Gasteiger partial charge in [0.1, 0.15) is 5.82 Å².